The highest BCUT2D eigenvalue weighted by Gasteiger charge is 2.28. The van der Waals surface area contributed by atoms with E-state index in [0.717, 1.165) is 5.75 Å². The average Bonchev–Trinajstić information content (AvgIpc) is 2.66. The molecule has 0 saturated carbocycles. The Balaban J connectivity index is 4.83. The quantitative estimate of drug-likeness (QED) is 0.265. The normalized spacial score (nSPS) is 15.1. The van der Waals surface area contributed by atoms with Gasteiger partial charge in [0, 0.05) is 0 Å². The molecule has 4 atom stereocenters. The molecule has 0 aromatic rings. The van der Waals surface area contributed by atoms with Crippen molar-refractivity contribution in [1.29, 1.82) is 0 Å². The zero-order valence-corrected chi connectivity index (χ0v) is 18.8. The van der Waals surface area contributed by atoms with E-state index in [4.69, 9.17) is 5.73 Å². The molecular weight excluding hydrogens is 396 g/mol. The van der Waals surface area contributed by atoms with Gasteiger partial charge in [-0.1, -0.05) is 34.1 Å². The van der Waals surface area contributed by atoms with Gasteiger partial charge in [-0.25, -0.2) is 4.79 Å². The van der Waals surface area contributed by atoms with Crippen molar-refractivity contribution in [2.75, 3.05) is 18.6 Å². The van der Waals surface area contributed by atoms with Crippen LogP contribution in [0.15, 0.2) is 0 Å². The molecule has 0 spiro atoms. The van der Waals surface area contributed by atoms with Gasteiger partial charge in [-0.3, -0.25) is 14.4 Å². The minimum Gasteiger partial charge on any atom is -0.480 e. The summed E-state index contributed by atoms with van der Waals surface area (Å²) in [5, 5.41) is 16.7. The summed E-state index contributed by atoms with van der Waals surface area (Å²) in [5.74, 6) is -1.98. The SMILES string of the molecule is CCC(C)C(NC(=O)C(N)CCSC)C(=O)NCC(=O)NC(CC(C)C)C(=O)O. The van der Waals surface area contributed by atoms with E-state index in [0.29, 0.717) is 12.8 Å². The number of aliphatic carboxylic acids is 1. The van der Waals surface area contributed by atoms with Crippen LogP contribution in [0.4, 0.5) is 0 Å². The van der Waals surface area contributed by atoms with Gasteiger partial charge >= 0.3 is 5.97 Å². The van der Waals surface area contributed by atoms with Crippen LogP contribution in [-0.4, -0.2) is 65.5 Å². The minimum absolute atomic E-state index is 0.0892. The van der Waals surface area contributed by atoms with Crippen molar-refractivity contribution in [1.82, 2.24) is 16.0 Å². The highest BCUT2D eigenvalue weighted by molar-refractivity contribution is 7.98. The number of amides is 3. The van der Waals surface area contributed by atoms with E-state index < -0.39 is 41.8 Å². The molecule has 29 heavy (non-hydrogen) atoms. The molecule has 0 aliphatic rings. The van der Waals surface area contributed by atoms with Gasteiger partial charge in [0.1, 0.15) is 12.1 Å². The number of carbonyl (C=O) groups excluding carboxylic acids is 3. The lowest BCUT2D eigenvalue weighted by molar-refractivity contribution is -0.142. The Morgan fingerprint density at radius 3 is 2.17 bits per heavy atom. The number of nitrogens with two attached hydrogens (primary N) is 1. The molecule has 0 aliphatic heterocycles. The Kier molecular flexibility index (Phi) is 13.3. The largest absolute Gasteiger partial charge is 0.480 e. The van der Waals surface area contributed by atoms with Gasteiger partial charge in [0.25, 0.3) is 0 Å². The topological polar surface area (TPSA) is 151 Å². The molecule has 0 aromatic carbocycles. The van der Waals surface area contributed by atoms with Crippen molar-refractivity contribution in [3.8, 4) is 0 Å². The molecule has 168 valence electrons. The summed E-state index contributed by atoms with van der Waals surface area (Å²) in [5.41, 5.74) is 5.86. The van der Waals surface area contributed by atoms with E-state index in [1.54, 1.807) is 11.8 Å². The van der Waals surface area contributed by atoms with Gasteiger partial charge in [-0.2, -0.15) is 11.8 Å². The lowest BCUT2D eigenvalue weighted by atomic mass is 9.97. The fourth-order valence-electron chi connectivity index (χ4n) is 2.55. The predicted octanol–water partition coefficient (Wildman–Crippen LogP) is 0.329. The second-order valence-electron chi connectivity index (χ2n) is 7.57. The number of carbonyl (C=O) groups is 4. The van der Waals surface area contributed by atoms with Crippen molar-refractivity contribution in [3.63, 3.8) is 0 Å². The first kappa shape index (κ1) is 27.2. The zero-order valence-electron chi connectivity index (χ0n) is 18.0. The Bertz CT molecular complexity index is 559. The van der Waals surface area contributed by atoms with Gasteiger partial charge in [-0.05, 0) is 36.7 Å². The Hall–Kier alpha value is -1.81. The van der Waals surface area contributed by atoms with Crippen LogP contribution < -0.4 is 21.7 Å². The third-order valence-corrected chi connectivity index (χ3v) is 5.17. The smallest absolute Gasteiger partial charge is 0.326 e. The first-order valence-electron chi connectivity index (χ1n) is 9.88. The second kappa shape index (κ2) is 14.2. The molecule has 4 unspecified atom stereocenters. The fourth-order valence-corrected chi connectivity index (χ4v) is 3.04. The Labute approximate surface area is 177 Å². The number of thioether (sulfide) groups is 1. The standard InChI is InChI=1S/C19H36N4O5S/c1-6-12(4)16(23-17(25)13(20)7-8-29-5)18(26)21-10-15(24)22-14(19(27)28)9-11(2)3/h11-14,16H,6-10,20H2,1-5H3,(H,21,26)(H,22,24)(H,23,25)(H,27,28). The number of hydrogen-bond donors (Lipinski definition) is 5. The molecule has 0 radical (unpaired) electrons. The van der Waals surface area contributed by atoms with Crippen molar-refractivity contribution in [3.05, 3.63) is 0 Å². The van der Waals surface area contributed by atoms with Gasteiger partial charge in [-0.15, -0.1) is 0 Å². The van der Waals surface area contributed by atoms with E-state index in [9.17, 15) is 24.3 Å². The number of carboxylic acid groups (broad SMARTS) is 1. The van der Waals surface area contributed by atoms with Crippen molar-refractivity contribution in [2.45, 2.75) is 65.1 Å². The zero-order chi connectivity index (χ0) is 22.6. The van der Waals surface area contributed by atoms with Gasteiger partial charge in [0.05, 0.1) is 12.6 Å². The monoisotopic (exact) mass is 432 g/mol. The second-order valence-corrected chi connectivity index (χ2v) is 8.55. The number of hydrogen-bond acceptors (Lipinski definition) is 6. The number of carboxylic acids is 1. The molecule has 6 N–H and O–H groups in total. The molecule has 0 heterocycles. The van der Waals surface area contributed by atoms with Crippen LogP contribution in [0.3, 0.4) is 0 Å². The maximum Gasteiger partial charge on any atom is 0.326 e. The third-order valence-electron chi connectivity index (χ3n) is 4.53. The molecule has 0 bridgehead atoms. The minimum atomic E-state index is -1.12. The van der Waals surface area contributed by atoms with Crippen LogP contribution in [0.5, 0.6) is 0 Å². The number of nitrogens with one attached hydrogen (secondary N) is 3. The molecule has 0 fully saturated rings. The van der Waals surface area contributed by atoms with Gasteiger partial charge in [0.2, 0.25) is 17.7 Å². The summed E-state index contributed by atoms with van der Waals surface area (Å²) in [7, 11) is 0. The molecule has 10 heteroatoms. The third kappa shape index (κ3) is 11.1. The van der Waals surface area contributed by atoms with E-state index in [2.05, 4.69) is 16.0 Å². The van der Waals surface area contributed by atoms with Crippen LogP contribution >= 0.6 is 11.8 Å². The summed E-state index contributed by atoms with van der Waals surface area (Å²) in [4.78, 5) is 48.1. The van der Waals surface area contributed by atoms with Crippen molar-refractivity contribution < 1.29 is 24.3 Å². The van der Waals surface area contributed by atoms with E-state index >= 15 is 0 Å². The summed E-state index contributed by atoms with van der Waals surface area (Å²) in [6.45, 7) is 7.05. The first-order chi connectivity index (χ1) is 13.5. The highest BCUT2D eigenvalue weighted by Crippen LogP contribution is 2.09. The predicted molar refractivity (Wildman–Crippen MR) is 114 cm³/mol. The van der Waals surface area contributed by atoms with E-state index in [1.165, 1.54) is 0 Å². The molecule has 9 nitrogen and oxygen atoms in total. The average molecular weight is 433 g/mol. The van der Waals surface area contributed by atoms with Crippen LogP contribution in [-0.2, 0) is 19.2 Å². The van der Waals surface area contributed by atoms with Crippen LogP contribution in [0, 0.1) is 11.8 Å². The Morgan fingerprint density at radius 1 is 1.07 bits per heavy atom. The van der Waals surface area contributed by atoms with Crippen molar-refractivity contribution in [2.24, 2.45) is 17.6 Å². The Morgan fingerprint density at radius 2 is 1.69 bits per heavy atom. The molecular formula is C19H36N4O5S. The van der Waals surface area contributed by atoms with Crippen molar-refractivity contribution >= 4 is 35.5 Å². The van der Waals surface area contributed by atoms with Crippen LogP contribution in [0.1, 0.15) is 47.0 Å². The molecule has 0 saturated heterocycles. The molecule has 3 amide bonds. The van der Waals surface area contributed by atoms with Crippen LogP contribution in [0.2, 0.25) is 0 Å². The first-order valence-corrected chi connectivity index (χ1v) is 11.3. The summed E-state index contributed by atoms with van der Waals surface area (Å²) < 4.78 is 0. The lowest BCUT2D eigenvalue weighted by Crippen LogP contribution is -2.55. The molecule has 0 aromatic heterocycles. The molecule has 0 rings (SSSR count). The maximum atomic E-state index is 12.6. The van der Waals surface area contributed by atoms with E-state index in [-0.39, 0.29) is 24.8 Å². The lowest BCUT2D eigenvalue weighted by Gasteiger charge is -2.25. The number of rotatable bonds is 14. The summed E-state index contributed by atoms with van der Waals surface area (Å²) in [6.07, 6.45) is 3.34. The van der Waals surface area contributed by atoms with Gasteiger partial charge in [0.15, 0.2) is 0 Å². The summed E-state index contributed by atoms with van der Waals surface area (Å²) >= 11 is 1.58. The highest BCUT2D eigenvalue weighted by atomic mass is 32.2. The van der Waals surface area contributed by atoms with Crippen LogP contribution in [0.25, 0.3) is 0 Å². The molecule has 0 aliphatic carbocycles. The fraction of sp³-hybridized carbons (Fsp3) is 0.789. The van der Waals surface area contributed by atoms with Gasteiger partial charge < -0.3 is 26.8 Å². The summed E-state index contributed by atoms with van der Waals surface area (Å²) in [6, 6.07) is -2.55. The maximum absolute atomic E-state index is 12.6. The van der Waals surface area contributed by atoms with E-state index in [1.807, 2.05) is 34.0 Å².